The van der Waals surface area contributed by atoms with Gasteiger partial charge >= 0.3 is 0 Å². The quantitative estimate of drug-likeness (QED) is 0.361. The van der Waals surface area contributed by atoms with Crippen molar-refractivity contribution >= 4 is 22.1 Å². The molecule has 0 aliphatic heterocycles. The summed E-state index contributed by atoms with van der Waals surface area (Å²) in [5.41, 5.74) is 7.39. The minimum atomic E-state index is -0.0103. The molecule has 1 fully saturated rings. The number of furan rings is 1. The van der Waals surface area contributed by atoms with E-state index in [0.717, 1.165) is 45.6 Å². The van der Waals surface area contributed by atoms with E-state index in [1.165, 1.54) is 36.8 Å². The van der Waals surface area contributed by atoms with Crippen molar-refractivity contribution in [1.29, 1.82) is 0 Å². The standard InChI is InChI=1S/C27H30N2O/c1-17-16-28-23(15-19(17)14-18-8-5-6-9-18)22-11-7-10-20-21-12-13-24(27(2,3)4)29-26(21)30-25(20)22/h7,10-13,15-16,18H,5-6,8-9,14H2,1-4H3. The van der Waals surface area contributed by atoms with Crippen LogP contribution in [0.5, 0.6) is 0 Å². The number of hydrogen-bond donors (Lipinski definition) is 0. The van der Waals surface area contributed by atoms with Gasteiger partial charge in [-0.25, -0.2) is 4.98 Å². The molecule has 0 amide bonds. The fourth-order valence-corrected chi connectivity index (χ4v) is 4.76. The number of hydrogen-bond acceptors (Lipinski definition) is 3. The second kappa shape index (κ2) is 7.23. The Morgan fingerprint density at radius 3 is 2.60 bits per heavy atom. The number of aryl methyl sites for hydroxylation is 1. The summed E-state index contributed by atoms with van der Waals surface area (Å²) < 4.78 is 6.33. The summed E-state index contributed by atoms with van der Waals surface area (Å²) in [7, 11) is 0. The zero-order valence-electron chi connectivity index (χ0n) is 18.5. The first-order valence-corrected chi connectivity index (χ1v) is 11.2. The average molecular weight is 399 g/mol. The van der Waals surface area contributed by atoms with Gasteiger partial charge in [0, 0.05) is 33.6 Å². The predicted molar refractivity (Wildman–Crippen MR) is 124 cm³/mol. The second-order valence-corrected chi connectivity index (χ2v) is 9.93. The molecule has 5 rings (SSSR count). The van der Waals surface area contributed by atoms with E-state index in [0.29, 0.717) is 5.71 Å². The molecule has 3 heteroatoms. The smallest absolute Gasteiger partial charge is 0.227 e. The normalized spacial score (nSPS) is 15.5. The lowest BCUT2D eigenvalue weighted by Gasteiger charge is -2.16. The predicted octanol–water partition coefficient (Wildman–Crippen LogP) is 7.38. The van der Waals surface area contributed by atoms with Crippen LogP contribution in [0.2, 0.25) is 0 Å². The maximum atomic E-state index is 6.33. The summed E-state index contributed by atoms with van der Waals surface area (Å²) in [4.78, 5) is 9.61. The Labute approximate surface area is 178 Å². The van der Waals surface area contributed by atoms with Crippen LogP contribution in [0.15, 0.2) is 47.0 Å². The number of nitrogens with zero attached hydrogens (tertiary/aromatic N) is 2. The first-order valence-electron chi connectivity index (χ1n) is 11.2. The fraction of sp³-hybridized carbons (Fsp3) is 0.407. The molecule has 4 aromatic rings. The van der Waals surface area contributed by atoms with E-state index in [-0.39, 0.29) is 5.41 Å². The molecule has 1 aliphatic carbocycles. The number of benzene rings is 1. The lowest BCUT2D eigenvalue weighted by molar-refractivity contribution is 0.545. The van der Waals surface area contributed by atoms with Crippen molar-refractivity contribution in [3.05, 3.63) is 59.4 Å². The van der Waals surface area contributed by atoms with E-state index >= 15 is 0 Å². The zero-order chi connectivity index (χ0) is 20.9. The summed E-state index contributed by atoms with van der Waals surface area (Å²) in [6.45, 7) is 8.72. The molecule has 0 radical (unpaired) electrons. The minimum Gasteiger partial charge on any atom is -0.437 e. The topological polar surface area (TPSA) is 38.9 Å². The molecule has 154 valence electrons. The number of fused-ring (bicyclic) bond motifs is 3. The Morgan fingerprint density at radius 1 is 1.03 bits per heavy atom. The van der Waals surface area contributed by atoms with E-state index < -0.39 is 0 Å². The van der Waals surface area contributed by atoms with Crippen LogP contribution >= 0.6 is 0 Å². The molecule has 1 aromatic carbocycles. The molecule has 1 aliphatic rings. The van der Waals surface area contributed by atoms with E-state index in [9.17, 15) is 0 Å². The lowest BCUT2D eigenvalue weighted by atomic mass is 9.91. The summed E-state index contributed by atoms with van der Waals surface area (Å²) in [5, 5.41) is 2.17. The Balaban J connectivity index is 1.62. The summed E-state index contributed by atoms with van der Waals surface area (Å²) in [6.07, 6.45) is 8.66. The third kappa shape index (κ3) is 3.40. The first kappa shape index (κ1) is 19.3. The summed E-state index contributed by atoms with van der Waals surface area (Å²) >= 11 is 0. The highest BCUT2D eigenvalue weighted by atomic mass is 16.3. The van der Waals surface area contributed by atoms with Gasteiger partial charge in [0.1, 0.15) is 5.58 Å². The summed E-state index contributed by atoms with van der Waals surface area (Å²) in [5.74, 6) is 0.820. The maximum Gasteiger partial charge on any atom is 0.227 e. The van der Waals surface area contributed by atoms with Crippen molar-refractivity contribution in [3.63, 3.8) is 0 Å². The molecular formula is C27H30N2O. The molecule has 0 atom stereocenters. The highest BCUT2D eigenvalue weighted by molar-refractivity contribution is 6.08. The first-order chi connectivity index (χ1) is 14.4. The molecule has 0 N–H and O–H groups in total. The minimum absolute atomic E-state index is 0.0103. The molecule has 3 heterocycles. The van der Waals surface area contributed by atoms with Crippen molar-refractivity contribution in [3.8, 4) is 11.3 Å². The van der Waals surface area contributed by atoms with Gasteiger partial charge in [0.15, 0.2) is 0 Å². The monoisotopic (exact) mass is 398 g/mol. The van der Waals surface area contributed by atoms with Crippen molar-refractivity contribution < 1.29 is 4.42 Å². The van der Waals surface area contributed by atoms with Gasteiger partial charge in [0.2, 0.25) is 5.71 Å². The molecule has 3 aromatic heterocycles. The van der Waals surface area contributed by atoms with Crippen LogP contribution in [0.1, 0.15) is 63.3 Å². The highest BCUT2D eigenvalue weighted by Crippen LogP contribution is 2.36. The van der Waals surface area contributed by atoms with E-state index in [4.69, 9.17) is 14.4 Å². The van der Waals surface area contributed by atoms with E-state index in [1.807, 2.05) is 6.20 Å². The Bertz CT molecular complexity index is 1220. The largest absolute Gasteiger partial charge is 0.437 e. The fourth-order valence-electron chi connectivity index (χ4n) is 4.76. The van der Waals surface area contributed by atoms with Gasteiger partial charge in [-0.2, -0.15) is 0 Å². The Kier molecular flexibility index (Phi) is 4.65. The highest BCUT2D eigenvalue weighted by Gasteiger charge is 2.20. The van der Waals surface area contributed by atoms with Gasteiger partial charge in [0.05, 0.1) is 5.69 Å². The molecular weight excluding hydrogens is 368 g/mol. The van der Waals surface area contributed by atoms with Gasteiger partial charge in [-0.05, 0) is 54.7 Å². The van der Waals surface area contributed by atoms with E-state index in [2.05, 4.69) is 64.1 Å². The second-order valence-electron chi connectivity index (χ2n) is 9.93. The lowest BCUT2D eigenvalue weighted by Crippen LogP contribution is -2.12. The van der Waals surface area contributed by atoms with Crippen molar-refractivity contribution in [2.24, 2.45) is 5.92 Å². The van der Waals surface area contributed by atoms with Gasteiger partial charge in [-0.3, -0.25) is 4.98 Å². The average Bonchev–Trinajstić information content (AvgIpc) is 3.35. The Morgan fingerprint density at radius 2 is 1.83 bits per heavy atom. The van der Waals surface area contributed by atoms with Crippen LogP contribution in [-0.4, -0.2) is 9.97 Å². The Hall–Kier alpha value is -2.68. The molecule has 0 unspecified atom stereocenters. The number of pyridine rings is 2. The van der Waals surface area contributed by atoms with Crippen LogP contribution in [-0.2, 0) is 11.8 Å². The molecule has 3 nitrogen and oxygen atoms in total. The van der Waals surface area contributed by atoms with Gasteiger partial charge < -0.3 is 4.42 Å². The van der Waals surface area contributed by atoms with Gasteiger partial charge in [-0.1, -0.05) is 58.6 Å². The molecule has 0 bridgehead atoms. The third-order valence-electron chi connectivity index (χ3n) is 6.61. The van der Waals surface area contributed by atoms with Crippen molar-refractivity contribution in [2.75, 3.05) is 0 Å². The third-order valence-corrected chi connectivity index (χ3v) is 6.61. The number of aromatic nitrogens is 2. The molecule has 30 heavy (non-hydrogen) atoms. The van der Waals surface area contributed by atoms with Crippen molar-refractivity contribution in [2.45, 2.75) is 65.2 Å². The molecule has 0 spiro atoms. The van der Waals surface area contributed by atoms with Crippen molar-refractivity contribution in [1.82, 2.24) is 9.97 Å². The SMILES string of the molecule is Cc1cnc(-c2cccc3c2oc2nc(C(C)(C)C)ccc23)cc1CC1CCCC1. The van der Waals surface area contributed by atoms with Crippen LogP contribution < -0.4 is 0 Å². The van der Waals surface area contributed by atoms with Gasteiger partial charge in [0.25, 0.3) is 0 Å². The van der Waals surface area contributed by atoms with E-state index in [1.54, 1.807) is 0 Å². The van der Waals surface area contributed by atoms with Crippen LogP contribution in [0.3, 0.4) is 0 Å². The van der Waals surface area contributed by atoms with Crippen LogP contribution in [0.4, 0.5) is 0 Å². The van der Waals surface area contributed by atoms with Crippen LogP contribution in [0, 0.1) is 12.8 Å². The zero-order valence-corrected chi connectivity index (χ0v) is 18.5. The number of rotatable bonds is 3. The van der Waals surface area contributed by atoms with Gasteiger partial charge in [-0.15, -0.1) is 0 Å². The number of para-hydroxylation sites is 1. The summed E-state index contributed by atoms with van der Waals surface area (Å²) in [6, 6.07) is 12.9. The maximum absolute atomic E-state index is 6.33. The molecule has 0 saturated heterocycles. The van der Waals surface area contributed by atoms with Crippen LogP contribution in [0.25, 0.3) is 33.3 Å². The molecule has 1 saturated carbocycles.